The molecule has 0 saturated carbocycles. The van der Waals surface area contributed by atoms with Crippen molar-refractivity contribution in [3.8, 4) is 68.2 Å². The van der Waals surface area contributed by atoms with Crippen LogP contribution in [0.3, 0.4) is 0 Å². The number of rotatable bonds is 6. The van der Waals surface area contributed by atoms with Crippen molar-refractivity contribution in [1.82, 2.24) is 19.5 Å². The van der Waals surface area contributed by atoms with Gasteiger partial charge in [0.2, 0.25) is 0 Å². The van der Waals surface area contributed by atoms with Gasteiger partial charge in [0.15, 0.2) is 17.5 Å². The molecule has 0 atom stereocenters. The summed E-state index contributed by atoms with van der Waals surface area (Å²) in [6.07, 6.45) is 0. The Hall–Kier alpha value is -7.72. The van der Waals surface area contributed by atoms with Crippen molar-refractivity contribution in [2.75, 3.05) is 0 Å². The molecular formula is C52H31N5S. The molecule has 0 unspecified atom stereocenters. The van der Waals surface area contributed by atoms with Crippen molar-refractivity contribution >= 4 is 53.3 Å². The lowest BCUT2D eigenvalue weighted by Gasteiger charge is -2.16. The summed E-state index contributed by atoms with van der Waals surface area (Å²) in [7, 11) is 0. The maximum Gasteiger partial charge on any atom is 0.166 e. The topological polar surface area (TPSA) is 67.4 Å². The lowest BCUT2D eigenvalue weighted by atomic mass is 9.98. The predicted molar refractivity (Wildman–Crippen MR) is 239 cm³/mol. The third-order valence-corrected chi connectivity index (χ3v) is 12.1. The average molecular weight is 758 g/mol. The van der Waals surface area contributed by atoms with Crippen molar-refractivity contribution in [3.63, 3.8) is 0 Å². The van der Waals surface area contributed by atoms with Crippen molar-refractivity contribution in [2.24, 2.45) is 0 Å². The van der Waals surface area contributed by atoms with Gasteiger partial charge in [-0.25, -0.2) is 15.0 Å². The maximum atomic E-state index is 10.4. The first-order chi connectivity index (χ1) is 28.7. The average Bonchev–Trinajstić information content (AvgIpc) is 3.85. The molecule has 0 saturated heterocycles. The molecule has 0 aliphatic rings. The van der Waals surface area contributed by atoms with E-state index in [1.807, 2.05) is 48.5 Å². The quantitative estimate of drug-likeness (QED) is 0.169. The van der Waals surface area contributed by atoms with E-state index in [-0.39, 0.29) is 0 Å². The summed E-state index contributed by atoms with van der Waals surface area (Å²) < 4.78 is 4.74. The zero-order valence-corrected chi connectivity index (χ0v) is 31.9. The maximum absolute atomic E-state index is 10.4. The number of aromatic nitrogens is 4. The van der Waals surface area contributed by atoms with Crippen LogP contribution in [0.15, 0.2) is 188 Å². The van der Waals surface area contributed by atoms with Crippen molar-refractivity contribution in [2.45, 2.75) is 0 Å². The fourth-order valence-corrected chi connectivity index (χ4v) is 9.43. The number of nitrogens with zero attached hydrogens (tertiary/aromatic N) is 5. The molecule has 11 rings (SSSR count). The van der Waals surface area contributed by atoms with Crippen molar-refractivity contribution in [3.05, 3.63) is 194 Å². The summed E-state index contributed by atoms with van der Waals surface area (Å²) in [5.41, 5.74) is 10.4. The molecule has 3 aromatic heterocycles. The lowest BCUT2D eigenvalue weighted by Crippen LogP contribution is -2.04. The van der Waals surface area contributed by atoms with Crippen LogP contribution in [0.1, 0.15) is 5.56 Å². The van der Waals surface area contributed by atoms with Crippen molar-refractivity contribution in [1.29, 1.82) is 5.26 Å². The Morgan fingerprint density at radius 3 is 1.72 bits per heavy atom. The van der Waals surface area contributed by atoms with Gasteiger partial charge in [0.25, 0.3) is 0 Å². The van der Waals surface area contributed by atoms with Crippen LogP contribution in [0, 0.1) is 11.3 Å². The fourth-order valence-electron chi connectivity index (χ4n) is 8.19. The van der Waals surface area contributed by atoms with Crippen LogP contribution >= 0.6 is 11.3 Å². The zero-order valence-electron chi connectivity index (χ0n) is 31.0. The molecule has 0 amide bonds. The van der Waals surface area contributed by atoms with Gasteiger partial charge < -0.3 is 4.57 Å². The molecule has 58 heavy (non-hydrogen) atoms. The molecule has 8 aromatic carbocycles. The minimum absolute atomic E-state index is 0.492. The van der Waals surface area contributed by atoms with E-state index in [0.717, 1.165) is 55.7 Å². The van der Waals surface area contributed by atoms with Gasteiger partial charge in [-0.3, -0.25) is 0 Å². The summed E-state index contributed by atoms with van der Waals surface area (Å²) >= 11 is 1.77. The third kappa shape index (κ3) is 5.64. The number of benzene rings is 8. The number of hydrogen-bond donors (Lipinski definition) is 0. The number of para-hydroxylation sites is 2. The summed E-state index contributed by atoms with van der Waals surface area (Å²) in [5.74, 6) is 1.58. The van der Waals surface area contributed by atoms with E-state index in [9.17, 15) is 5.26 Å². The molecule has 0 aliphatic heterocycles. The number of nitriles is 1. The molecule has 0 radical (unpaired) electrons. The van der Waals surface area contributed by atoms with Gasteiger partial charge in [-0.2, -0.15) is 5.26 Å². The van der Waals surface area contributed by atoms with Crippen LogP contribution in [0.2, 0.25) is 0 Å². The van der Waals surface area contributed by atoms with Gasteiger partial charge in [-0.05, 0) is 70.8 Å². The standard InChI is InChI=1S/C52H31N5S/c53-32-33-28-37(39-21-13-22-43-42-20-9-12-25-48(42)58-49(39)43)30-38(29-33)51-54-50(35-16-5-2-6-17-35)55-52(56-51)44-27-26-36(34-14-3-1-4-15-34)31-47(44)57-45-23-10-7-18-40(45)41-19-8-11-24-46(41)57/h1-31H. The minimum atomic E-state index is 0.492. The van der Waals surface area contributed by atoms with E-state index in [2.05, 4.69) is 150 Å². The molecule has 3 heterocycles. The third-order valence-electron chi connectivity index (χ3n) is 10.9. The summed E-state index contributed by atoms with van der Waals surface area (Å²) in [4.78, 5) is 15.6. The first-order valence-corrected chi connectivity index (χ1v) is 20.0. The molecule has 0 N–H and O–H groups in total. The molecule has 0 fully saturated rings. The Morgan fingerprint density at radius 1 is 0.414 bits per heavy atom. The SMILES string of the molecule is N#Cc1cc(-c2nc(-c3ccccc3)nc(-c3ccc(-c4ccccc4)cc3-n3c4ccccc4c4ccccc43)n2)cc(-c2cccc3c2sc2ccccc23)c1. The van der Waals surface area contributed by atoms with Crippen molar-refractivity contribution < 1.29 is 0 Å². The summed E-state index contributed by atoms with van der Waals surface area (Å²) in [6, 6.07) is 67.4. The van der Waals surface area contributed by atoms with E-state index < -0.39 is 0 Å². The first kappa shape index (κ1) is 33.6. The molecule has 5 nitrogen and oxygen atoms in total. The highest BCUT2D eigenvalue weighted by atomic mass is 32.1. The molecule has 0 bridgehead atoms. The number of thiophene rings is 1. The zero-order chi connectivity index (χ0) is 38.6. The summed E-state index contributed by atoms with van der Waals surface area (Å²) in [6.45, 7) is 0. The van der Waals surface area contributed by atoms with E-state index >= 15 is 0 Å². The van der Waals surface area contributed by atoms with Gasteiger partial charge in [0.1, 0.15) is 0 Å². The highest BCUT2D eigenvalue weighted by Crippen LogP contribution is 2.42. The molecule has 0 aliphatic carbocycles. The monoisotopic (exact) mass is 757 g/mol. The lowest BCUT2D eigenvalue weighted by molar-refractivity contribution is 1.06. The van der Waals surface area contributed by atoms with Crippen LogP contribution in [-0.4, -0.2) is 19.5 Å². The Kier molecular flexibility index (Phi) is 7.99. The Morgan fingerprint density at radius 2 is 1.00 bits per heavy atom. The number of fused-ring (bicyclic) bond motifs is 6. The Labute approximate surface area is 338 Å². The molecular weight excluding hydrogens is 727 g/mol. The number of hydrogen-bond acceptors (Lipinski definition) is 5. The largest absolute Gasteiger partial charge is 0.308 e. The van der Waals surface area contributed by atoms with Gasteiger partial charge in [0, 0.05) is 47.6 Å². The minimum Gasteiger partial charge on any atom is -0.308 e. The van der Waals surface area contributed by atoms with Gasteiger partial charge in [-0.15, -0.1) is 11.3 Å². The Bertz CT molecular complexity index is 3360. The Balaban J connectivity index is 1.17. The highest BCUT2D eigenvalue weighted by Gasteiger charge is 2.21. The van der Waals surface area contributed by atoms with E-state index in [4.69, 9.17) is 15.0 Å². The fraction of sp³-hybridized carbons (Fsp3) is 0. The molecule has 270 valence electrons. The first-order valence-electron chi connectivity index (χ1n) is 19.2. The van der Waals surface area contributed by atoms with Crippen LogP contribution < -0.4 is 0 Å². The normalized spacial score (nSPS) is 11.4. The smallest absolute Gasteiger partial charge is 0.166 e. The predicted octanol–water partition coefficient (Wildman–Crippen LogP) is 13.5. The van der Waals surface area contributed by atoms with E-state index in [1.165, 1.54) is 30.9 Å². The van der Waals surface area contributed by atoms with E-state index in [1.54, 1.807) is 11.3 Å². The second-order valence-electron chi connectivity index (χ2n) is 14.3. The van der Waals surface area contributed by atoms with Gasteiger partial charge >= 0.3 is 0 Å². The highest BCUT2D eigenvalue weighted by molar-refractivity contribution is 7.26. The molecule has 6 heteroatoms. The van der Waals surface area contributed by atoms with Gasteiger partial charge in [-0.1, -0.05) is 140 Å². The van der Waals surface area contributed by atoms with Crippen LogP contribution in [0.25, 0.3) is 104 Å². The second-order valence-corrected chi connectivity index (χ2v) is 15.4. The van der Waals surface area contributed by atoms with Gasteiger partial charge in [0.05, 0.1) is 28.4 Å². The van der Waals surface area contributed by atoms with Crippen LogP contribution in [0.4, 0.5) is 0 Å². The molecule has 0 spiro atoms. The summed E-state index contributed by atoms with van der Waals surface area (Å²) in [5, 5.41) is 15.2. The van der Waals surface area contributed by atoms with Crippen LogP contribution in [-0.2, 0) is 0 Å². The second kappa shape index (κ2) is 13.8. The van der Waals surface area contributed by atoms with Crippen LogP contribution in [0.5, 0.6) is 0 Å². The molecule has 11 aromatic rings. The van der Waals surface area contributed by atoms with E-state index in [0.29, 0.717) is 23.0 Å².